The summed E-state index contributed by atoms with van der Waals surface area (Å²) in [4.78, 5) is 2.46. The Morgan fingerprint density at radius 1 is 1.39 bits per heavy atom. The highest BCUT2D eigenvalue weighted by Crippen LogP contribution is 2.37. The number of aliphatic hydroxyl groups is 1. The van der Waals surface area contributed by atoms with Crippen LogP contribution in [0, 0.1) is 0 Å². The van der Waals surface area contributed by atoms with Crippen LogP contribution in [0.4, 0.5) is 5.69 Å². The summed E-state index contributed by atoms with van der Waals surface area (Å²) in [6.45, 7) is 6.50. The fraction of sp³-hybridized carbons (Fsp3) is 0.600. The Hall–Kier alpha value is -1.06. The molecule has 18 heavy (non-hydrogen) atoms. The molecular formula is C15H21NO2. The van der Waals surface area contributed by atoms with Gasteiger partial charge in [0.25, 0.3) is 0 Å². The molecule has 3 heteroatoms. The molecular weight excluding hydrogens is 226 g/mol. The van der Waals surface area contributed by atoms with Gasteiger partial charge in [-0.1, -0.05) is 12.1 Å². The Kier molecular flexibility index (Phi) is 2.83. The van der Waals surface area contributed by atoms with Crippen LogP contribution in [0.2, 0.25) is 0 Å². The highest BCUT2D eigenvalue weighted by molar-refractivity contribution is 5.62. The highest BCUT2D eigenvalue weighted by atomic mass is 16.5. The number of benzene rings is 1. The van der Waals surface area contributed by atoms with E-state index in [1.165, 1.54) is 11.3 Å². The molecule has 0 spiro atoms. The number of hydrogen-bond donors (Lipinski definition) is 1. The number of anilines is 1. The van der Waals surface area contributed by atoms with Crippen LogP contribution in [0.25, 0.3) is 0 Å². The lowest BCUT2D eigenvalue weighted by molar-refractivity contribution is 0.0778. The van der Waals surface area contributed by atoms with E-state index in [-0.39, 0.29) is 0 Å². The lowest BCUT2D eigenvalue weighted by Crippen LogP contribution is -2.34. The Bertz CT molecular complexity index is 444. The van der Waals surface area contributed by atoms with E-state index in [1.54, 1.807) is 0 Å². The van der Waals surface area contributed by atoms with Crippen molar-refractivity contribution in [1.82, 2.24) is 0 Å². The third-order valence-electron chi connectivity index (χ3n) is 4.07. The molecule has 1 aromatic rings. The minimum absolute atomic E-state index is 0.517. The summed E-state index contributed by atoms with van der Waals surface area (Å²) in [7, 11) is 0. The fourth-order valence-electron chi connectivity index (χ4n) is 3.18. The largest absolute Gasteiger partial charge is 0.386 e. The van der Waals surface area contributed by atoms with E-state index < -0.39 is 5.60 Å². The van der Waals surface area contributed by atoms with Crippen LogP contribution in [-0.4, -0.2) is 30.9 Å². The Morgan fingerprint density at radius 2 is 2.22 bits per heavy atom. The minimum Gasteiger partial charge on any atom is -0.386 e. The fourth-order valence-corrected chi connectivity index (χ4v) is 3.18. The predicted octanol–water partition coefficient (Wildman–Crippen LogP) is 2.07. The third-order valence-corrected chi connectivity index (χ3v) is 4.07. The Balaban J connectivity index is 1.97. The standard InChI is InChI=1S/C15H21NO2/c1-15(2,17)13-4-3-5-14-12(13)6-8-16(14)11-7-9-18-10-11/h3-5,11,17H,6-10H2,1-2H3. The van der Waals surface area contributed by atoms with E-state index in [2.05, 4.69) is 17.0 Å². The van der Waals surface area contributed by atoms with E-state index in [9.17, 15) is 5.11 Å². The van der Waals surface area contributed by atoms with Crippen LogP contribution in [-0.2, 0) is 16.8 Å². The number of ether oxygens (including phenoxy) is 1. The number of nitrogens with zero attached hydrogens (tertiary/aromatic N) is 1. The Labute approximate surface area is 108 Å². The first-order valence-electron chi connectivity index (χ1n) is 6.76. The molecule has 2 aliphatic rings. The van der Waals surface area contributed by atoms with Gasteiger partial charge in [-0.2, -0.15) is 0 Å². The van der Waals surface area contributed by atoms with Gasteiger partial charge in [-0.15, -0.1) is 0 Å². The topological polar surface area (TPSA) is 32.7 Å². The van der Waals surface area contributed by atoms with Gasteiger partial charge >= 0.3 is 0 Å². The van der Waals surface area contributed by atoms with Gasteiger partial charge < -0.3 is 14.7 Å². The average molecular weight is 247 g/mol. The SMILES string of the molecule is CC(C)(O)c1cccc2c1CCN2C1CCOC1. The second kappa shape index (κ2) is 4.25. The van der Waals surface area contributed by atoms with Crippen molar-refractivity contribution in [2.75, 3.05) is 24.7 Å². The van der Waals surface area contributed by atoms with Gasteiger partial charge in [0.1, 0.15) is 0 Å². The van der Waals surface area contributed by atoms with E-state index in [0.717, 1.165) is 38.2 Å². The third kappa shape index (κ3) is 1.91. The van der Waals surface area contributed by atoms with Crippen molar-refractivity contribution in [3.63, 3.8) is 0 Å². The van der Waals surface area contributed by atoms with Gasteiger partial charge in [0, 0.05) is 18.8 Å². The minimum atomic E-state index is -0.756. The summed E-state index contributed by atoms with van der Waals surface area (Å²) < 4.78 is 5.49. The van der Waals surface area contributed by atoms with Crippen LogP contribution >= 0.6 is 0 Å². The monoisotopic (exact) mass is 247 g/mol. The molecule has 1 fully saturated rings. The highest BCUT2D eigenvalue weighted by Gasteiger charge is 2.32. The molecule has 3 nitrogen and oxygen atoms in total. The predicted molar refractivity (Wildman–Crippen MR) is 72.0 cm³/mol. The normalized spacial score (nSPS) is 23.5. The first-order valence-corrected chi connectivity index (χ1v) is 6.76. The first-order chi connectivity index (χ1) is 8.57. The molecule has 0 amide bonds. The van der Waals surface area contributed by atoms with Gasteiger partial charge in [0.05, 0.1) is 18.2 Å². The van der Waals surface area contributed by atoms with Gasteiger partial charge in [-0.3, -0.25) is 0 Å². The molecule has 0 saturated carbocycles. The zero-order valence-corrected chi connectivity index (χ0v) is 11.1. The number of fused-ring (bicyclic) bond motifs is 1. The molecule has 1 aromatic carbocycles. The molecule has 1 atom stereocenters. The molecule has 1 saturated heterocycles. The summed E-state index contributed by atoms with van der Waals surface area (Å²) in [5, 5.41) is 10.3. The van der Waals surface area contributed by atoms with Gasteiger partial charge in [0.2, 0.25) is 0 Å². The number of hydrogen-bond acceptors (Lipinski definition) is 3. The van der Waals surface area contributed by atoms with E-state index >= 15 is 0 Å². The van der Waals surface area contributed by atoms with Gasteiger partial charge in [-0.25, -0.2) is 0 Å². The van der Waals surface area contributed by atoms with Crippen molar-refractivity contribution in [3.05, 3.63) is 29.3 Å². The van der Waals surface area contributed by atoms with Crippen molar-refractivity contribution in [3.8, 4) is 0 Å². The van der Waals surface area contributed by atoms with Crippen molar-refractivity contribution in [1.29, 1.82) is 0 Å². The molecule has 1 N–H and O–H groups in total. The van der Waals surface area contributed by atoms with Crippen LogP contribution in [0.3, 0.4) is 0 Å². The zero-order chi connectivity index (χ0) is 12.8. The maximum atomic E-state index is 10.3. The molecule has 98 valence electrons. The Morgan fingerprint density at radius 3 is 2.89 bits per heavy atom. The molecule has 0 radical (unpaired) electrons. The van der Waals surface area contributed by atoms with Gasteiger partial charge in [0.15, 0.2) is 0 Å². The summed E-state index contributed by atoms with van der Waals surface area (Å²) in [5.74, 6) is 0. The van der Waals surface area contributed by atoms with Crippen LogP contribution < -0.4 is 4.90 Å². The second-order valence-corrected chi connectivity index (χ2v) is 5.82. The molecule has 0 aliphatic carbocycles. The molecule has 2 aliphatic heterocycles. The van der Waals surface area contributed by atoms with E-state index in [1.807, 2.05) is 19.9 Å². The zero-order valence-electron chi connectivity index (χ0n) is 11.1. The van der Waals surface area contributed by atoms with Crippen LogP contribution in [0.15, 0.2) is 18.2 Å². The molecule has 3 rings (SSSR count). The first kappa shape index (κ1) is 12.0. The maximum absolute atomic E-state index is 10.3. The second-order valence-electron chi connectivity index (χ2n) is 5.82. The summed E-state index contributed by atoms with van der Waals surface area (Å²) in [5.41, 5.74) is 2.93. The van der Waals surface area contributed by atoms with E-state index in [0.29, 0.717) is 6.04 Å². The van der Waals surface area contributed by atoms with Crippen molar-refractivity contribution in [2.24, 2.45) is 0 Å². The van der Waals surface area contributed by atoms with Crippen LogP contribution in [0.1, 0.15) is 31.4 Å². The van der Waals surface area contributed by atoms with Crippen molar-refractivity contribution in [2.45, 2.75) is 38.3 Å². The lowest BCUT2D eigenvalue weighted by atomic mass is 9.92. The quantitative estimate of drug-likeness (QED) is 0.868. The molecule has 2 heterocycles. The van der Waals surface area contributed by atoms with Crippen LogP contribution in [0.5, 0.6) is 0 Å². The number of rotatable bonds is 2. The molecule has 1 unspecified atom stereocenters. The van der Waals surface area contributed by atoms with Crippen molar-refractivity contribution < 1.29 is 9.84 Å². The summed E-state index contributed by atoms with van der Waals surface area (Å²) in [6.07, 6.45) is 2.15. The molecule has 0 bridgehead atoms. The smallest absolute Gasteiger partial charge is 0.0843 e. The average Bonchev–Trinajstić information content (AvgIpc) is 2.95. The maximum Gasteiger partial charge on any atom is 0.0843 e. The van der Waals surface area contributed by atoms with Gasteiger partial charge in [-0.05, 0) is 43.9 Å². The van der Waals surface area contributed by atoms with Crippen molar-refractivity contribution >= 4 is 5.69 Å². The molecule has 0 aromatic heterocycles. The van der Waals surface area contributed by atoms with E-state index in [4.69, 9.17) is 4.74 Å². The summed E-state index contributed by atoms with van der Waals surface area (Å²) >= 11 is 0. The summed E-state index contributed by atoms with van der Waals surface area (Å²) in [6, 6.07) is 6.80. The lowest BCUT2D eigenvalue weighted by Gasteiger charge is -2.27.